The Morgan fingerprint density at radius 1 is 1.38 bits per heavy atom. The number of nitrogens with zero attached hydrogens (tertiary/aromatic N) is 2. The van der Waals surface area contributed by atoms with E-state index in [2.05, 4.69) is 42.4 Å². The van der Waals surface area contributed by atoms with Gasteiger partial charge in [0.2, 0.25) is 0 Å². The SMILES string of the molecule is Cc1cc(Br)cc(Br)c1OCC(=O)N/N=C/c1cc([N+](=O)[O-])ccc1O. The normalized spacial score (nSPS) is 10.7. The van der Waals surface area contributed by atoms with Crippen molar-refractivity contribution in [2.45, 2.75) is 6.92 Å². The van der Waals surface area contributed by atoms with Gasteiger partial charge in [0.25, 0.3) is 11.6 Å². The van der Waals surface area contributed by atoms with Gasteiger partial charge in [-0.15, -0.1) is 0 Å². The zero-order chi connectivity index (χ0) is 19.3. The number of phenols is 1. The minimum Gasteiger partial charge on any atom is -0.507 e. The van der Waals surface area contributed by atoms with Crippen LogP contribution in [0.2, 0.25) is 0 Å². The average molecular weight is 487 g/mol. The summed E-state index contributed by atoms with van der Waals surface area (Å²) in [5.41, 5.74) is 2.97. The fourth-order valence-corrected chi connectivity index (χ4v) is 3.53. The van der Waals surface area contributed by atoms with Gasteiger partial charge in [-0.1, -0.05) is 15.9 Å². The van der Waals surface area contributed by atoms with E-state index in [4.69, 9.17) is 4.74 Å². The first kappa shape index (κ1) is 19.9. The Kier molecular flexibility index (Phi) is 6.70. The van der Waals surface area contributed by atoms with E-state index < -0.39 is 10.8 Å². The lowest BCUT2D eigenvalue weighted by atomic mass is 10.2. The molecule has 2 rings (SSSR count). The third kappa shape index (κ3) is 5.27. The van der Waals surface area contributed by atoms with Crippen LogP contribution in [-0.4, -0.2) is 28.8 Å². The van der Waals surface area contributed by atoms with Gasteiger partial charge in [-0.2, -0.15) is 5.10 Å². The molecule has 2 N–H and O–H groups in total. The second-order valence-corrected chi connectivity index (χ2v) is 6.89. The van der Waals surface area contributed by atoms with Crippen molar-refractivity contribution >= 4 is 49.7 Å². The van der Waals surface area contributed by atoms with Crippen LogP contribution in [0.5, 0.6) is 11.5 Å². The van der Waals surface area contributed by atoms with Crippen molar-refractivity contribution in [2.75, 3.05) is 6.61 Å². The van der Waals surface area contributed by atoms with Gasteiger partial charge < -0.3 is 9.84 Å². The van der Waals surface area contributed by atoms with Crippen molar-refractivity contribution in [1.82, 2.24) is 5.43 Å². The first-order chi connectivity index (χ1) is 12.3. The summed E-state index contributed by atoms with van der Waals surface area (Å²) >= 11 is 6.72. The van der Waals surface area contributed by atoms with Crippen LogP contribution in [-0.2, 0) is 4.79 Å². The van der Waals surface area contributed by atoms with Crippen molar-refractivity contribution in [3.8, 4) is 11.5 Å². The summed E-state index contributed by atoms with van der Waals surface area (Å²) in [6.07, 6.45) is 1.11. The lowest BCUT2D eigenvalue weighted by Crippen LogP contribution is -2.24. The second-order valence-electron chi connectivity index (χ2n) is 5.12. The summed E-state index contributed by atoms with van der Waals surface area (Å²) < 4.78 is 7.04. The maximum Gasteiger partial charge on any atom is 0.277 e. The molecule has 0 radical (unpaired) electrons. The summed E-state index contributed by atoms with van der Waals surface area (Å²) in [5, 5.41) is 24.1. The summed E-state index contributed by atoms with van der Waals surface area (Å²) in [5.74, 6) is -0.191. The zero-order valence-electron chi connectivity index (χ0n) is 13.4. The summed E-state index contributed by atoms with van der Waals surface area (Å²) in [6, 6.07) is 7.13. The monoisotopic (exact) mass is 485 g/mol. The topological polar surface area (TPSA) is 114 Å². The molecule has 0 aliphatic carbocycles. The highest BCUT2D eigenvalue weighted by Crippen LogP contribution is 2.32. The maximum atomic E-state index is 11.8. The Morgan fingerprint density at radius 2 is 2.12 bits per heavy atom. The number of rotatable bonds is 6. The van der Waals surface area contributed by atoms with Crippen molar-refractivity contribution < 1.29 is 19.6 Å². The molecule has 0 unspecified atom stereocenters. The number of benzene rings is 2. The quantitative estimate of drug-likeness (QED) is 0.367. The van der Waals surface area contributed by atoms with Gasteiger partial charge in [-0.25, -0.2) is 5.43 Å². The number of halogens is 2. The number of aromatic hydroxyl groups is 1. The van der Waals surface area contributed by atoms with Gasteiger partial charge in [0, 0.05) is 22.2 Å². The number of hydrogen-bond acceptors (Lipinski definition) is 6. The molecule has 0 saturated carbocycles. The third-order valence-corrected chi connectivity index (χ3v) is 4.20. The number of nitrogens with one attached hydrogen (secondary N) is 1. The predicted molar refractivity (Wildman–Crippen MR) is 103 cm³/mol. The molecule has 0 aliphatic heterocycles. The zero-order valence-corrected chi connectivity index (χ0v) is 16.6. The number of amides is 1. The summed E-state index contributed by atoms with van der Waals surface area (Å²) in [7, 11) is 0. The smallest absolute Gasteiger partial charge is 0.277 e. The molecule has 8 nitrogen and oxygen atoms in total. The van der Waals surface area contributed by atoms with Crippen molar-refractivity contribution in [1.29, 1.82) is 0 Å². The number of aryl methyl sites for hydroxylation is 1. The first-order valence-corrected chi connectivity index (χ1v) is 8.74. The number of nitro groups is 1. The second kappa shape index (κ2) is 8.77. The molecule has 2 aromatic carbocycles. The first-order valence-electron chi connectivity index (χ1n) is 7.15. The molecular weight excluding hydrogens is 474 g/mol. The van der Waals surface area contributed by atoms with E-state index in [1.807, 2.05) is 13.0 Å². The lowest BCUT2D eigenvalue weighted by molar-refractivity contribution is -0.384. The Balaban J connectivity index is 1.96. The number of non-ortho nitro benzene ring substituents is 1. The molecule has 0 spiro atoms. The van der Waals surface area contributed by atoms with Gasteiger partial charge in [0.1, 0.15) is 11.5 Å². The van der Waals surface area contributed by atoms with E-state index in [0.29, 0.717) is 10.2 Å². The Bertz CT molecular complexity index is 863. The predicted octanol–water partition coefficient (Wildman–Crippen LogP) is 3.66. The molecule has 0 heterocycles. The number of phenolic OH excluding ortho intramolecular Hbond substituents is 1. The number of nitro benzene ring substituents is 1. The van der Waals surface area contributed by atoms with Crippen LogP contribution in [0, 0.1) is 17.0 Å². The minimum absolute atomic E-state index is 0.104. The summed E-state index contributed by atoms with van der Waals surface area (Å²) in [4.78, 5) is 21.9. The number of carbonyl (C=O) groups excluding carboxylic acids is 1. The fourth-order valence-electron chi connectivity index (χ4n) is 1.97. The Hall–Kier alpha value is -2.46. The molecule has 0 fully saturated rings. The molecule has 10 heteroatoms. The van der Waals surface area contributed by atoms with Crippen molar-refractivity contribution in [3.05, 3.63) is 60.5 Å². The molecule has 0 atom stereocenters. The molecule has 136 valence electrons. The molecule has 1 amide bonds. The third-order valence-electron chi connectivity index (χ3n) is 3.16. The van der Waals surface area contributed by atoms with E-state index in [0.717, 1.165) is 28.4 Å². The fraction of sp³-hybridized carbons (Fsp3) is 0.125. The van der Waals surface area contributed by atoms with Crippen LogP contribution < -0.4 is 10.2 Å². The van der Waals surface area contributed by atoms with Crippen molar-refractivity contribution in [3.63, 3.8) is 0 Å². The molecule has 0 bridgehead atoms. The number of hydrogen-bond donors (Lipinski definition) is 2. The Labute approximate surface area is 165 Å². The lowest BCUT2D eigenvalue weighted by Gasteiger charge is -2.10. The van der Waals surface area contributed by atoms with Gasteiger partial charge in [0.15, 0.2) is 6.61 Å². The van der Waals surface area contributed by atoms with Gasteiger partial charge in [-0.05, 0) is 46.6 Å². The highest BCUT2D eigenvalue weighted by atomic mass is 79.9. The molecular formula is C16H13Br2N3O5. The van der Waals surface area contributed by atoms with E-state index >= 15 is 0 Å². The van der Waals surface area contributed by atoms with E-state index in [1.54, 1.807) is 6.07 Å². The van der Waals surface area contributed by atoms with Gasteiger partial charge in [-0.3, -0.25) is 14.9 Å². The van der Waals surface area contributed by atoms with Crippen LogP contribution in [0.15, 0.2) is 44.4 Å². The summed E-state index contributed by atoms with van der Waals surface area (Å²) in [6.45, 7) is 1.56. The van der Waals surface area contributed by atoms with Crippen LogP contribution in [0.4, 0.5) is 5.69 Å². The van der Waals surface area contributed by atoms with E-state index in [-0.39, 0.29) is 23.6 Å². The van der Waals surface area contributed by atoms with E-state index in [9.17, 15) is 20.0 Å². The highest BCUT2D eigenvalue weighted by molar-refractivity contribution is 9.11. The average Bonchev–Trinajstić information content (AvgIpc) is 2.55. The van der Waals surface area contributed by atoms with Crippen molar-refractivity contribution in [2.24, 2.45) is 5.10 Å². The van der Waals surface area contributed by atoms with Crippen LogP contribution >= 0.6 is 31.9 Å². The van der Waals surface area contributed by atoms with Gasteiger partial charge in [0.05, 0.1) is 15.6 Å². The standard InChI is InChI=1S/C16H13Br2N3O5/c1-9-4-11(17)6-13(18)16(9)26-8-15(23)20-19-7-10-5-12(21(24)25)2-3-14(10)22/h2-7,22H,8H2,1H3,(H,20,23)/b19-7+. The molecule has 26 heavy (non-hydrogen) atoms. The molecule has 0 aliphatic rings. The van der Waals surface area contributed by atoms with Crippen LogP contribution in [0.25, 0.3) is 0 Å². The number of carbonyl (C=O) groups is 1. The van der Waals surface area contributed by atoms with Crippen LogP contribution in [0.1, 0.15) is 11.1 Å². The van der Waals surface area contributed by atoms with Crippen LogP contribution in [0.3, 0.4) is 0 Å². The van der Waals surface area contributed by atoms with E-state index in [1.165, 1.54) is 6.07 Å². The largest absolute Gasteiger partial charge is 0.507 e. The number of ether oxygens (including phenoxy) is 1. The van der Waals surface area contributed by atoms with Gasteiger partial charge >= 0.3 is 0 Å². The molecule has 2 aromatic rings. The molecule has 0 saturated heterocycles. The number of hydrazone groups is 1. The highest BCUT2D eigenvalue weighted by Gasteiger charge is 2.10. The minimum atomic E-state index is -0.596. The maximum absolute atomic E-state index is 11.8. The Morgan fingerprint density at radius 3 is 2.77 bits per heavy atom. The molecule has 0 aromatic heterocycles.